The Balaban J connectivity index is 1.69. The van der Waals surface area contributed by atoms with Crippen molar-refractivity contribution in [2.24, 2.45) is 0 Å². The van der Waals surface area contributed by atoms with Gasteiger partial charge in [0, 0.05) is 42.9 Å². The Labute approximate surface area is 133 Å². The van der Waals surface area contributed by atoms with Crippen LogP contribution in [0, 0.1) is 5.82 Å². The zero-order valence-corrected chi connectivity index (χ0v) is 13.4. The Morgan fingerprint density at radius 2 is 1.48 bits per heavy atom. The maximum Gasteiger partial charge on any atom is 0.123 e. The van der Waals surface area contributed by atoms with Crippen LogP contribution in [0.25, 0.3) is 0 Å². The number of hydrogen-bond acceptors (Lipinski definition) is 2. The second kappa shape index (κ2) is 6.48. The van der Waals surface area contributed by atoms with E-state index in [2.05, 4.69) is 50.0 Å². The van der Waals surface area contributed by atoms with E-state index in [1.807, 2.05) is 12.1 Å². The molecule has 2 aromatic carbocycles. The van der Waals surface area contributed by atoms with Crippen LogP contribution in [0.15, 0.2) is 48.5 Å². The molecule has 0 amide bonds. The molecule has 0 radical (unpaired) electrons. The molecule has 1 aliphatic heterocycles. The van der Waals surface area contributed by atoms with Gasteiger partial charge in [-0.25, -0.2) is 4.39 Å². The number of piperazine rings is 1. The van der Waals surface area contributed by atoms with Crippen molar-refractivity contribution in [2.75, 3.05) is 36.0 Å². The van der Waals surface area contributed by atoms with Gasteiger partial charge in [-0.15, -0.1) is 0 Å². The molecule has 0 atom stereocenters. The largest absolute Gasteiger partial charge is 0.368 e. The van der Waals surface area contributed by atoms with Crippen LogP contribution in [-0.4, -0.2) is 26.2 Å². The van der Waals surface area contributed by atoms with E-state index in [9.17, 15) is 4.39 Å². The first-order valence-electron chi connectivity index (χ1n) is 7.17. The number of para-hydroxylation sites is 1. The molecule has 0 spiro atoms. The number of nitrogens with zero attached hydrogens (tertiary/aromatic N) is 2. The molecule has 2 nitrogen and oxygen atoms in total. The Kier molecular flexibility index (Phi) is 4.44. The summed E-state index contributed by atoms with van der Waals surface area (Å²) in [6.07, 6.45) is 0. The van der Waals surface area contributed by atoms with Crippen molar-refractivity contribution in [3.05, 3.63) is 59.9 Å². The average Bonchev–Trinajstić information content (AvgIpc) is 2.56. The summed E-state index contributed by atoms with van der Waals surface area (Å²) in [6.45, 7) is 3.90. The molecule has 4 heteroatoms. The molecule has 0 N–H and O–H groups in total. The number of halogens is 2. The molecule has 1 saturated heterocycles. The minimum atomic E-state index is -0.177. The number of anilines is 2. The van der Waals surface area contributed by atoms with Crippen molar-refractivity contribution in [1.82, 2.24) is 0 Å². The molecule has 0 saturated carbocycles. The first-order valence-corrected chi connectivity index (χ1v) is 8.29. The summed E-state index contributed by atoms with van der Waals surface area (Å²) in [5.41, 5.74) is 3.74. The first-order chi connectivity index (χ1) is 10.3. The highest BCUT2D eigenvalue weighted by atomic mass is 79.9. The maximum absolute atomic E-state index is 13.0. The smallest absolute Gasteiger partial charge is 0.123 e. The van der Waals surface area contributed by atoms with Crippen LogP contribution in [0.4, 0.5) is 15.8 Å². The molecule has 1 fully saturated rings. The first kappa shape index (κ1) is 14.4. The number of alkyl halides is 1. The Morgan fingerprint density at radius 3 is 2.14 bits per heavy atom. The standard InChI is InChI=1S/C17H18BrFN2/c18-13-14-3-1-2-4-17(14)21-11-9-20(10-12-21)16-7-5-15(19)6-8-16/h1-8H,9-13H2. The van der Waals surface area contributed by atoms with Crippen molar-refractivity contribution >= 4 is 27.3 Å². The number of benzene rings is 2. The predicted octanol–water partition coefficient (Wildman–Crippen LogP) is 4.05. The third kappa shape index (κ3) is 3.21. The molecular weight excluding hydrogens is 331 g/mol. The predicted molar refractivity (Wildman–Crippen MR) is 89.9 cm³/mol. The third-order valence-corrected chi connectivity index (χ3v) is 4.55. The zero-order chi connectivity index (χ0) is 14.7. The Morgan fingerprint density at radius 1 is 0.857 bits per heavy atom. The molecular formula is C17H18BrFN2. The fourth-order valence-electron chi connectivity index (χ4n) is 2.79. The normalized spacial score (nSPS) is 15.3. The molecule has 0 aromatic heterocycles. The Hall–Kier alpha value is -1.55. The minimum absolute atomic E-state index is 0.177. The molecule has 1 heterocycles. The summed E-state index contributed by atoms with van der Waals surface area (Å²) >= 11 is 3.56. The topological polar surface area (TPSA) is 6.48 Å². The van der Waals surface area contributed by atoms with Crippen LogP contribution < -0.4 is 9.80 Å². The molecule has 2 aromatic rings. The van der Waals surface area contributed by atoms with E-state index in [1.54, 1.807) is 0 Å². The fourth-order valence-corrected chi connectivity index (χ4v) is 3.26. The SMILES string of the molecule is Fc1ccc(N2CCN(c3ccccc3CBr)CC2)cc1. The van der Waals surface area contributed by atoms with E-state index in [0.717, 1.165) is 37.2 Å². The lowest BCUT2D eigenvalue weighted by Gasteiger charge is -2.38. The highest BCUT2D eigenvalue weighted by molar-refractivity contribution is 9.08. The average molecular weight is 349 g/mol. The van der Waals surface area contributed by atoms with Crippen LogP contribution in [0.5, 0.6) is 0 Å². The summed E-state index contributed by atoms with van der Waals surface area (Å²) in [6, 6.07) is 15.3. The lowest BCUT2D eigenvalue weighted by molar-refractivity contribution is 0.624. The van der Waals surface area contributed by atoms with Crippen LogP contribution in [0.3, 0.4) is 0 Å². The Bertz CT molecular complexity index is 592. The van der Waals surface area contributed by atoms with Gasteiger partial charge < -0.3 is 9.80 Å². The van der Waals surface area contributed by atoms with Crippen molar-refractivity contribution < 1.29 is 4.39 Å². The minimum Gasteiger partial charge on any atom is -0.368 e. The second-order valence-corrected chi connectivity index (χ2v) is 5.77. The van der Waals surface area contributed by atoms with Gasteiger partial charge in [-0.2, -0.15) is 0 Å². The fraction of sp³-hybridized carbons (Fsp3) is 0.294. The van der Waals surface area contributed by atoms with Gasteiger partial charge in [0.15, 0.2) is 0 Å². The third-order valence-electron chi connectivity index (χ3n) is 3.95. The van der Waals surface area contributed by atoms with Gasteiger partial charge in [-0.1, -0.05) is 34.1 Å². The summed E-state index contributed by atoms with van der Waals surface area (Å²) in [4.78, 5) is 4.74. The lowest BCUT2D eigenvalue weighted by atomic mass is 10.1. The van der Waals surface area contributed by atoms with Crippen molar-refractivity contribution in [3.8, 4) is 0 Å². The van der Waals surface area contributed by atoms with E-state index < -0.39 is 0 Å². The van der Waals surface area contributed by atoms with E-state index in [-0.39, 0.29) is 5.82 Å². The molecule has 0 bridgehead atoms. The highest BCUT2D eigenvalue weighted by Gasteiger charge is 2.18. The van der Waals surface area contributed by atoms with E-state index in [4.69, 9.17) is 0 Å². The van der Waals surface area contributed by atoms with E-state index in [0.29, 0.717) is 0 Å². The van der Waals surface area contributed by atoms with Crippen LogP contribution in [0.1, 0.15) is 5.56 Å². The van der Waals surface area contributed by atoms with E-state index >= 15 is 0 Å². The number of hydrogen-bond donors (Lipinski definition) is 0. The summed E-state index contributed by atoms with van der Waals surface area (Å²) in [5.74, 6) is -0.177. The summed E-state index contributed by atoms with van der Waals surface area (Å²) < 4.78 is 13.0. The zero-order valence-electron chi connectivity index (χ0n) is 11.8. The second-order valence-electron chi connectivity index (χ2n) is 5.21. The van der Waals surface area contributed by atoms with Gasteiger partial charge in [-0.3, -0.25) is 0 Å². The highest BCUT2D eigenvalue weighted by Crippen LogP contribution is 2.25. The molecule has 3 rings (SSSR count). The lowest BCUT2D eigenvalue weighted by Crippen LogP contribution is -2.46. The van der Waals surface area contributed by atoms with E-state index in [1.165, 1.54) is 23.4 Å². The van der Waals surface area contributed by atoms with Crippen molar-refractivity contribution in [2.45, 2.75) is 5.33 Å². The van der Waals surface area contributed by atoms with Crippen LogP contribution in [-0.2, 0) is 5.33 Å². The summed E-state index contributed by atoms with van der Waals surface area (Å²) in [5, 5.41) is 0.876. The van der Waals surface area contributed by atoms with Gasteiger partial charge in [0.1, 0.15) is 5.82 Å². The van der Waals surface area contributed by atoms with Gasteiger partial charge >= 0.3 is 0 Å². The van der Waals surface area contributed by atoms with Crippen molar-refractivity contribution in [1.29, 1.82) is 0 Å². The maximum atomic E-state index is 13.0. The van der Waals surface area contributed by atoms with Gasteiger partial charge in [0.2, 0.25) is 0 Å². The monoisotopic (exact) mass is 348 g/mol. The van der Waals surface area contributed by atoms with Gasteiger partial charge in [0.05, 0.1) is 0 Å². The molecule has 21 heavy (non-hydrogen) atoms. The van der Waals surface area contributed by atoms with Crippen LogP contribution >= 0.6 is 15.9 Å². The molecule has 110 valence electrons. The molecule has 1 aliphatic rings. The van der Waals surface area contributed by atoms with Crippen LogP contribution in [0.2, 0.25) is 0 Å². The number of rotatable bonds is 3. The summed E-state index contributed by atoms with van der Waals surface area (Å²) in [7, 11) is 0. The van der Waals surface area contributed by atoms with Gasteiger partial charge in [-0.05, 0) is 35.9 Å². The van der Waals surface area contributed by atoms with Crippen molar-refractivity contribution in [3.63, 3.8) is 0 Å². The van der Waals surface area contributed by atoms with Gasteiger partial charge in [0.25, 0.3) is 0 Å². The quantitative estimate of drug-likeness (QED) is 0.772. The molecule has 0 aliphatic carbocycles. The molecule has 0 unspecified atom stereocenters.